The highest BCUT2D eigenvalue weighted by molar-refractivity contribution is 7.99. The van der Waals surface area contributed by atoms with Gasteiger partial charge in [0.05, 0.1) is 7.11 Å². The van der Waals surface area contributed by atoms with Gasteiger partial charge in [0.1, 0.15) is 0 Å². The molecule has 0 aromatic heterocycles. The van der Waals surface area contributed by atoms with Crippen molar-refractivity contribution in [3.8, 4) is 5.75 Å². The van der Waals surface area contributed by atoms with Crippen molar-refractivity contribution in [3.63, 3.8) is 0 Å². The number of thioether (sulfide) groups is 1. The predicted molar refractivity (Wildman–Crippen MR) is 76.1 cm³/mol. The Bertz CT molecular complexity index is 422. The summed E-state index contributed by atoms with van der Waals surface area (Å²) in [6.45, 7) is 4.58. The number of rotatable bonds is 3. The number of hydrogen-bond acceptors (Lipinski definition) is 3. The molecule has 4 heteroatoms. The van der Waals surface area contributed by atoms with Gasteiger partial charge in [0.2, 0.25) is 0 Å². The van der Waals surface area contributed by atoms with E-state index >= 15 is 0 Å². The van der Waals surface area contributed by atoms with Crippen LogP contribution in [0.3, 0.4) is 0 Å². The van der Waals surface area contributed by atoms with Crippen LogP contribution >= 0.6 is 11.8 Å². The lowest BCUT2D eigenvalue weighted by atomic mass is 9.88. The van der Waals surface area contributed by atoms with E-state index in [2.05, 4.69) is 19.2 Å². The van der Waals surface area contributed by atoms with E-state index in [0.29, 0.717) is 17.2 Å². The number of benzene rings is 1. The van der Waals surface area contributed by atoms with Crippen molar-refractivity contribution < 1.29 is 9.13 Å². The van der Waals surface area contributed by atoms with Gasteiger partial charge in [-0.15, -0.1) is 0 Å². The van der Waals surface area contributed by atoms with Crippen LogP contribution in [0.4, 0.5) is 10.1 Å². The summed E-state index contributed by atoms with van der Waals surface area (Å²) in [5.41, 5.74) is 1.29. The fourth-order valence-corrected chi connectivity index (χ4v) is 3.61. The molecule has 1 saturated heterocycles. The zero-order valence-electron chi connectivity index (χ0n) is 11.1. The summed E-state index contributed by atoms with van der Waals surface area (Å²) in [5, 5.41) is 3.47. The van der Waals surface area contributed by atoms with Gasteiger partial charge in [0.15, 0.2) is 11.6 Å². The third-order valence-electron chi connectivity index (χ3n) is 3.13. The Morgan fingerprint density at radius 2 is 2.22 bits per heavy atom. The Morgan fingerprint density at radius 3 is 2.89 bits per heavy atom. The molecule has 1 N–H and O–H groups in total. The first-order valence-electron chi connectivity index (χ1n) is 6.18. The fourth-order valence-electron chi connectivity index (χ4n) is 2.34. The minimum atomic E-state index is -0.318. The molecular formula is C14H20FNOS. The molecule has 1 unspecified atom stereocenters. The second-order valence-electron chi connectivity index (χ2n) is 5.57. The van der Waals surface area contributed by atoms with E-state index in [4.69, 9.17) is 4.74 Å². The molecule has 1 aromatic rings. The van der Waals surface area contributed by atoms with Crippen LogP contribution in [0.1, 0.15) is 20.3 Å². The molecule has 0 radical (unpaired) electrons. The Labute approximate surface area is 112 Å². The maximum atomic E-state index is 13.3. The van der Waals surface area contributed by atoms with Crippen LogP contribution in [-0.2, 0) is 0 Å². The van der Waals surface area contributed by atoms with E-state index < -0.39 is 0 Å². The van der Waals surface area contributed by atoms with Crippen molar-refractivity contribution >= 4 is 17.4 Å². The van der Waals surface area contributed by atoms with Gasteiger partial charge in [-0.2, -0.15) is 11.8 Å². The number of methoxy groups -OCH3 is 1. The minimum Gasteiger partial charge on any atom is -0.494 e. The normalized spacial score (nSPS) is 22.6. The van der Waals surface area contributed by atoms with Crippen LogP contribution in [0, 0.1) is 11.2 Å². The zero-order valence-corrected chi connectivity index (χ0v) is 11.9. The van der Waals surface area contributed by atoms with Gasteiger partial charge in [-0.3, -0.25) is 0 Å². The third-order valence-corrected chi connectivity index (χ3v) is 4.76. The summed E-state index contributed by atoms with van der Waals surface area (Å²) < 4.78 is 18.3. The first-order chi connectivity index (χ1) is 8.50. The Morgan fingerprint density at radius 1 is 1.44 bits per heavy atom. The summed E-state index contributed by atoms with van der Waals surface area (Å²) in [6.07, 6.45) is 1.14. The average molecular weight is 269 g/mol. The largest absolute Gasteiger partial charge is 0.494 e. The SMILES string of the molecule is COc1cc(NC2CSCC(C)(C)C2)ccc1F. The van der Waals surface area contributed by atoms with Crippen molar-refractivity contribution in [2.45, 2.75) is 26.3 Å². The molecule has 1 fully saturated rings. The molecule has 1 aliphatic heterocycles. The van der Waals surface area contributed by atoms with E-state index in [0.717, 1.165) is 17.9 Å². The van der Waals surface area contributed by atoms with Crippen molar-refractivity contribution in [1.29, 1.82) is 0 Å². The number of anilines is 1. The van der Waals surface area contributed by atoms with Crippen LogP contribution in [0.25, 0.3) is 0 Å². The Hall–Kier alpha value is -0.900. The molecule has 2 rings (SSSR count). The highest BCUT2D eigenvalue weighted by atomic mass is 32.2. The number of halogens is 1. The predicted octanol–water partition coefficient (Wildman–Crippen LogP) is 3.78. The molecule has 0 saturated carbocycles. The van der Waals surface area contributed by atoms with Crippen molar-refractivity contribution in [2.75, 3.05) is 23.9 Å². The number of ether oxygens (including phenoxy) is 1. The zero-order chi connectivity index (χ0) is 13.2. The van der Waals surface area contributed by atoms with Gasteiger partial charge < -0.3 is 10.1 Å². The quantitative estimate of drug-likeness (QED) is 0.902. The molecular weight excluding hydrogens is 249 g/mol. The van der Waals surface area contributed by atoms with Crippen LogP contribution in [0.5, 0.6) is 5.75 Å². The van der Waals surface area contributed by atoms with Crippen molar-refractivity contribution in [1.82, 2.24) is 0 Å². The maximum Gasteiger partial charge on any atom is 0.165 e. The molecule has 0 amide bonds. The van der Waals surface area contributed by atoms with Crippen LogP contribution in [-0.4, -0.2) is 24.7 Å². The number of nitrogens with one attached hydrogen (secondary N) is 1. The van der Waals surface area contributed by atoms with Gasteiger partial charge in [-0.25, -0.2) is 4.39 Å². The summed E-state index contributed by atoms with van der Waals surface area (Å²) in [5.74, 6) is 2.28. The second-order valence-corrected chi connectivity index (χ2v) is 6.60. The van der Waals surface area contributed by atoms with E-state index in [-0.39, 0.29) is 5.82 Å². The molecule has 1 aromatic carbocycles. The molecule has 2 nitrogen and oxygen atoms in total. The molecule has 0 aliphatic carbocycles. The molecule has 0 bridgehead atoms. The monoisotopic (exact) mass is 269 g/mol. The Kier molecular flexibility index (Phi) is 4.05. The average Bonchev–Trinajstić information content (AvgIpc) is 2.30. The van der Waals surface area contributed by atoms with Crippen LogP contribution < -0.4 is 10.1 Å². The van der Waals surface area contributed by atoms with Crippen molar-refractivity contribution in [2.24, 2.45) is 5.41 Å². The van der Waals surface area contributed by atoms with E-state index in [1.165, 1.54) is 18.9 Å². The van der Waals surface area contributed by atoms with Crippen molar-refractivity contribution in [3.05, 3.63) is 24.0 Å². The first kappa shape index (κ1) is 13.5. The summed E-state index contributed by atoms with van der Waals surface area (Å²) in [4.78, 5) is 0. The molecule has 1 aliphatic rings. The standard InChI is InChI=1S/C14H20FNOS/c1-14(2)7-11(8-18-9-14)16-10-4-5-12(15)13(6-10)17-3/h4-6,11,16H,7-9H2,1-3H3. The van der Waals surface area contributed by atoms with Gasteiger partial charge in [-0.05, 0) is 29.7 Å². The van der Waals surface area contributed by atoms with E-state index in [1.807, 2.05) is 11.8 Å². The fraction of sp³-hybridized carbons (Fsp3) is 0.571. The van der Waals surface area contributed by atoms with Gasteiger partial charge in [-0.1, -0.05) is 13.8 Å². The van der Waals surface area contributed by atoms with E-state index in [1.54, 1.807) is 12.1 Å². The second kappa shape index (κ2) is 5.39. The third kappa shape index (κ3) is 3.31. The molecule has 1 atom stereocenters. The molecule has 0 spiro atoms. The van der Waals surface area contributed by atoms with Crippen LogP contribution in [0.2, 0.25) is 0 Å². The van der Waals surface area contributed by atoms with Gasteiger partial charge in [0.25, 0.3) is 0 Å². The maximum absolute atomic E-state index is 13.3. The summed E-state index contributed by atoms with van der Waals surface area (Å²) in [6, 6.07) is 5.38. The lowest BCUT2D eigenvalue weighted by molar-refractivity contribution is 0.358. The summed E-state index contributed by atoms with van der Waals surface area (Å²) >= 11 is 1.97. The highest BCUT2D eigenvalue weighted by Crippen LogP contribution is 2.35. The Balaban J connectivity index is 2.05. The smallest absolute Gasteiger partial charge is 0.165 e. The molecule has 1 heterocycles. The van der Waals surface area contributed by atoms with Gasteiger partial charge in [0, 0.05) is 23.5 Å². The topological polar surface area (TPSA) is 21.3 Å². The molecule has 18 heavy (non-hydrogen) atoms. The lowest BCUT2D eigenvalue weighted by Gasteiger charge is -2.35. The summed E-state index contributed by atoms with van der Waals surface area (Å²) in [7, 11) is 1.49. The molecule has 100 valence electrons. The minimum absolute atomic E-state index is 0.294. The number of hydrogen-bond donors (Lipinski definition) is 1. The van der Waals surface area contributed by atoms with Gasteiger partial charge >= 0.3 is 0 Å². The first-order valence-corrected chi connectivity index (χ1v) is 7.33. The van der Waals surface area contributed by atoms with E-state index in [9.17, 15) is 4.39 Å². The lowest BCUT2D eigenvalue weighted by Crippen LogP contribution is -2.35. The van der Waals surface area contributed by atoms with Crippen LogP contribution in [0.15, 0.2) is 18.2 Å². The highest BCUT2D eigenvalue weighted by Gasteiger charge is 2.28.